The number of amides is 1. The molecule has 0 spiro atoms. The molecule has 6 heteroatoms. The minimum Gasteiger partial charge on any atom is -0.480 e. The molecule has 1 saturated carbocycles. The van der Waals surface area contributed by atoms with Crippen molar-refractivity contribution in [3.8, 4) is 0 Å². The van der Waals surface area contributed by atoms with Crippen molar-refractivity contribution in [3.05, 3.63) is 33.8 Å². The van der Waals surface area contributed by atoms with E-state index >= 15 is 0 Å². The number of rotatable bonds is 4. The molecule has 1 aromatic carbocycles. The summed E-state index contributed by atoms with van der Waals surface area (Å²) in [7, 11) is 0. The highest BCUT2D eigenvalue weighted by atomic mass is 35.5. The Kier molecular flexibility index (Phi) is 5.35. The van der Waals surface area contributed by atoms with Gasteiger partial charge < -0.3 is 10.4 Å². The second-order valence-corrected chi connectivity index (χ2v) is 6.83. The predicted octanol–water partition coefficient (Wildman–Crippen LogP) is 3.69. The van der Waals surface area contributed by atoms with Crippen molar-refractivity contribution in [2.75, 3.05) is 0 Å². The molecule has 1 aromatic rings. The summed E-state index contributed by atoms with van der Waals surface area (Å²) in [5, 5.41) is 13.1. The third-order valence-corrected chi connectivity index (χ3v) is 4.89. The van der Waals surface area contributed by atoms with Crippen LogP contribution in [0.1, 0.15) is 38.2 Å². The van der Waals surface area contributed by atoms with Crippen LogP contribution in [0, 0.1) is 5.92 Å². The molecule has 0 heterocycles. The van der Waals surface area contributed by atoms with Gasteiger partial charge in [0.1, 0.15) is 5.54 Å². The van der Waals surface area contributed by atoms with Crippen LogP contribution in [0.5, 0.6) is 0 Å². The fourth-order valence-electron chi connectivity index (χ4n) is 3.09. The molecule has 0 radical (unpaired) electrons. The van der Waals surface area contributed by atoms with Crippen LogP contribution in [-0.2, 0) is 16.0 Å². The van der Waals surface area contributed by atoms with E-state index in [0.717, 1.165) is 12.8 Å². The molecule has 0 aromatic heterocycles. The van der Waals surface area contributed by atoms with Crippen LogP contribution in [0.25, 0.3) is 0 Å². The SMILES string of the molecule is CC1CCCC(NC(=O)Cc2c(Cl)cccc2Cl)(C(=O)O)C1. The number of carbonyl (C=O) groups is 2. The third-order valence-electron chi connectivity index (χ3n) is 4.18. The maximum atomic E-state index is 12.3. The van der Waals surface area contributed by atoms with Gasteiger partial charge in [0.05, 0.1) is 6.42 Å². The highest BCUT2D eigenvalue weighted by Crippen LogP contribution is 2.33. The van der Waals surface area contributed by atoms with Gasteiger partial charge in [0, 0.05) is 10.0 Å². The summed E-state index contributed by atoms with van der Waals surface area (Å²) in [6.07, 6.45) is 2.66. The Bertz CT molecular complexity index is 571. The van der Waals surface area contributed by atoms with Gasteiger partial charge in [-0.3, -0.25) is 4.79 Å². The zero-order valence-corrected chi connectivity index (χ0v) is 13.9. The van der Waals surface area contributed by atoms with Crippen LogP contribution in [0.15, 0.2) is 18.2 Å². The average Bonchev–Trinajstić information content (AvgIpc) is 2.43. The number of carboxylic acid groups (broad SMARTS) is 1. The number of nitrogens with one attached hydrogen (secondary N) is 1. The Morgan fingerprint density at radius 3 is 2.55 bits per heavy atom. The smallest absolute Gasteiger partial charge is 0.329 e. The van der Waals surface area contributed by atoms with Gasteiger partial charge in [-0.15, -0.1) is 0 Å². The Morgan fingerprint density at radius 2 is 2.00 bits per heavy atom. The van der Waals surface area contributed by atoms with E-state index in [9.17, 15) is 14.7 Å². The molecule has 2 rings (SSSR count). The minimum absolute atomic E-state index is 0.0259. The Morgan fingerprint density at radius 1 is 1.36 bits per heavy atom. The molecular weight excluding hydrogens is 325 g/mol. The quantitative estimate of drug-likeness (QED) is 0.876. The molecule has 120 valence electrons. The van der Waals surface area contributed by atoms with Crippen molar-refractivity contribution in [1.82, 2.24) is 5.32 Å². The average molecular weight is 344 g/mol. The number of hydrogen-bond acceptors (Lipinski definition) is 2. The molecule has 1 fully saturated rings. The Hall–Kier alpha value is -1.26. The first kappa shape index (κ1) is 17.1. The van der Waals surface area contributed by atoms with Crippen molar-refractivity contribution in [3.63, 3.8) is 0 Å². The lowest BCUT2D eigenvalue weighted by molar-refractivity contribution is -0.150. The molecule has 1 aliphatic rings. The topological polar surface area (TPSA) is 66.4 Å². The van der Waals surface area contributed by atoms with E-state index in [-0.39, 0.29) is 18.2 Å². The van der Waals surface area contributed by atoms with Crippen LogP contribution >= 0.6 is 23.2 Å². The highest BCUT2D eigenvalue weighted by Gasteiger charge is 2.43. The van der Waals surface area contributed by atoms with Gasteiger partial charge in [-0.25, -0.2) is 4.79 Å². The van der Waals surface area contributed by atoms with E-state index in [1.54, 1.807) is 18.2 Å². The van der Waals surface area contributed by atoms with Gasteiger partial charge in [-0.1, -0.05) is 49.0 Å². The molecule has 2 atom stereocenters. The fourth-order valence-corrected chi connectivity index (χ4v) is 3.62. The Labute approximate surface area is 139 Å². The van der Waals surface area contributed by atoms with E-state index in [0.29, 0.717) is 28.5 Å². The van der Waals surface area contributed by atoms with Gasteiger partial charge in [0.2, 0.25) is 5.91 Å². The first-order valence-corrected chi connectivity index (χ1v) is 8.07. The summed E-state index contributed by atoms with van der Waals surface area (Å²) >= 11 is 12.1. The zero-order valence-electron chi connectivity index (χ0n) is 12.4. The monoisotopic (exact) mass is 343 g/mol. The molecule has 4 nitrogen and oxygen atoms in total. The van der Waals surface area contributed by atoms with Gasteiger partial charge in [0.15, 0.2) is 0 Å². The van der Waals surface area contributed by atoms with E-state index in [1.807, 2.05) is 6.92 Å². The summed E-state index contributed by atoms with van der Waals surface area (Å²) in [6, 6.07) is 5.02. The highest BCUT2D eigenvalue weighted by molar-refractivity contribution is 6.36. The summed E-state index contributed by atoms with van der Waals surface area (Å²) in [6.45, 7) is 2.01. The van der Waals surface area contributed by atoms with E-state index < -0.39 is 11.5 Å². The number of hydrogen-bond donors (Lipinski definition) is 2. The maximum Gasteiger partial charge on any atom is 0.329 e. The molecule has 22 heavy (non-hydrogen) atoms. The molecule has 0 aliphatic heterocycles. The third kappa shape index (κ3) is 3.73. The minimum atomic E-state index is -1.18. The number of carboxylic acids is 1. The molecular formula is C16H19Cl2NO3. The number of aliphatic carboxylic acids is 1. The lowest BCUT2D eigenvalue weighted by atomic mass is 9.76. The van der Waals surface area contributed by atoms with Crippen LogP contribution in [0.3, 0.4) is 0 Å². The molecule has 1 amide bonds. The predicted molar refractivity (Wildman–Crippen MR) is 86.3 cm³/mol. The lowest BCUT2D eigenvalue weighted by Gasteiger charge is -2.37. The fraction of sp³-hybridized carbons (Fsp3) is 0.500. The summed E-state index contributed by atoms with van der Waals surface area (Å²) in [5.74, 6) is -1.07. The van der Waals surface area contributed by atoms with E-state index in [1.165, 1.54) is 0 Å². The van der Waals surface area contributed by atoms with Crippen LogP contribution in [0.4, 0.5) is 0 Å². The van der Waals surface area contributed by atoms with Crippen LogP contribution < -0.4 is 5.32 Å². The van der Waals surface area contributed by atoms with Crippen LogP contribution in [0.2, 0.25) is 10.0 Å². The first-order chi connectivity index (χ1) is 10.3. The summed E-state index contributed by atoms with van der Waals surface area (Å²) in [5.41, 5.74) is -0.657. The number of carbonyl (C=O) groups excluding carboxylic acids is 1. The van der Waals surface area contributed by atoms with Crippen molar-refractivity contribution in [1.29, 1.82) is 0 Å². The summed E-state index contributed by atoms with van der Waals surface area (Å²) < 4.78 is 0. The van der Waals surface area contributed by atoms with E-state index in [4.69, 9.17) is 23.2 Å². The van der Waals surface area contributed by atoms with Crippen molar-refractivity contribution < 1.29 is 14.7 Å². The van der Waals surface area contributed by atoms with Gasteiger partial charge in [-0.05, 0) is 36.5 Å². The van der Waals surface area contributed by atoms with E-state index in [2.05, 4.69) is 5.32 Å². The number of halogens is 2. The zero-order chi connectivity index (χ0) is 16.3. The summed E-state index contributed by atoms with van der Waals surface area (Å²) in [4.78, 5) is 24.0. The number of benzene rings is 1. The van der Waals surface area contributed by atoms with Crippen molar-refractivity contribution in [2.24, 2.45) is 5.92 Å². The molecule has 0 bridgehead atoms. The van der Waals surface area contributed by atoms with Crippen molar-refractivity contribution >= 4 is 35.1 Å². The standard InChI is InChI=1S/C16H19Cl2NO3/c1-10-4-3-7-16(9-10,15(21)22)19-14(20)8-11-12(17)5-2-6-13(11)18/h2,5-6,10H,3-4,7-9H2,1H3,(H,19,20)(H,21,22). The normalized spacial score (nSPS) is 24.8. The maximum absolute atomic E-state index is 12.3. The van der Waals surface area contributed by atoms with Crippen LogP contribution in [-0.4, -0.2) is 22.5 Å². The van der Waals surface area contributed by atoms with Gasteiger partial charge in [0.25, 0.3) is 0 Å². The van der Waals surface area contributed by atoms with Gasteiger partial charge in [-0.2, -0.15) is 0 Å². The second kappa shape index (κ2) is 6.88. The van der Waals surface area contributed by atoms with Crippen molar-refractivity contribution in [2.45, 2.75) is 44.6 Å². The first-order valence-electron chi connectivity index (χ1n) is 7.31. The van der Waals surface area contributed by atoms with Gasteiger partial charge >= 0.3 is 5.97 Å². The molecule has 2 N–H and O–H groups in total. The molecule has 0 saturated heterocycles. The second-order valence-electron chi connectivity index (χ2n) is 6.01. The Balaban J connectivity index is 2.14. The lowest BCUT2D eigenvalue weighted by Crippen LogP contribution is -2.57. The molecule has 2 unspecified atom stereocenters. The largest absolute Gasteiger partial charge is 0.480 e. The molecule has 1 aliphatic carbocycles.